The summed E-state index contributed by atoms with van der Waals surface area (Å²) in [4.78, 5) is 0. The number of hydrogen-bond donors (Lipinski definition) is 0. The van der Waals surface area contributed by atoms with Crippen molar-refractivity contribution in [2.45, 2.75) is 81.7 Å². The van der Waals surface area contributed by atoms with Gasteiger partial charge in [0.2, 0.25) is 0 Å². The van der Waals surface area contributed by atoms with E-state index in [0.717, 1.165) is 0 Å². The quantitative estimate of drug-likeness (QED) is 0.212. The molecule has 0 atom stereocenters. The van der Waals surface area contributed by atoms with Gasteiger partial charge in [-0.3, -0.25) is 0 Å². The zero-order valence-corrected chi connectivity index (χ0v) is 57.5. The summed E-state index contributed by atoms with van der Waals surface area (Å²) in [6, 6.07) is 0. The maximum Gasteiger partial charge on any atom is 0 e. The first kappa shape index (κ1) is 531. The standard InChI is InChI=1S/11CH4.2HI.8H2S.7V.3W.5Y.10H2/h11*1H4;2*1H;8*1H2;;;;;;;;;;;;;;;;10*1H/i;;;;;;;;;;;;;;;;;;;;;;;;;;;;;;;;;;;;7*1+2;3*1+1. The van der Waals surface area contributed by atoms with Gasteiger partial charge in [0.05, 0.1) is 0 Å². The molecule has 0 unspecified atom stereocenters. The molecule has 0 heterocycles. The zero-order valence-electron chi connectivity index (χ0n) is 12.1. The molecule has 0 amide bonds. The summed E-state index contributed by atoms with van der Waals surface area (Å²) < 4.78 is 0. The van der Waals surface area contributed by atoms with E-state index in [2.05, 4.69) is 0 Å². The van der Waals surface area contributed by atoms with Crippen LogP contribution in [0.25, 0.3) is 0 Å². The summed E-state index contributed by atoms with van der Waals surface area (Å²) in [6.45, 7) is 0. The van der Waals surface area contributed by atoms with Crippen molar-refractivity contribution in [3.63, 3.8) is 0 Å². The van der Waals surface area contributed by atoms with Crippen LogP contribution in [0.2, 0.25) is 0 Å². The fourth-order valence-corrected chi connectivity index (χ4v) is 0. The van der Waals surface area contributed by atoms with Gasteiger partial charge in [-0.25, -0.2) is 0 Å². The van der Waals surface area contributed by atoms with E-state index in [0.29, 0.717) is 0 Å². The Morgan fingerprint density at radius 2 is 0.222 bits per heavy atom. The topological polar surface area (TPSA) is 0 Å². The molecule has 0 saturated carbocycles. The second kappa shape index (κ2) is 500. The third-order valence-corrected chi connectivity index (χ3v) is 0. The third kappa shape index (κ3) is 471. The molecular weight excluding hydrogens is 2000 g/mol. The Bertz CT molecular complexity index is 121. The number of hydrogen-bond acceptors (Lipinski definition) is 0. The van der Waals surface area contributed by atoms with Crippen molar-refractivity contribution in [3.05, 3.63) is 0 Å². The van der Waals surface area contributed by atoms with Crippen LogP contribution in [0.3, 0.4) is 0 Å². The van der Waals surface area contributed by atoms with E-state index in [1.165, 1.54) is 0 Å². The fraction of sp³-hybridized carbons (Fsp3) is 1.00. The van der Waals surface area contributed by atoms with Crippen LogP contribution in [0.4, 0.5) is 0 Å². The van der Waals surface area contributed by atoms with Crippen LogP contribution in [0.5, 0.6) is 0 Å². The predicted octanol–water partition coefficient (Wildman–Crippen LogP) is 11.6. The van der Waals surface area contributed by atoms with Crippen molar-refractivity contribution in [2.75, 3.05) is 0 Å². The molecule has 0 aromatic carbocycles. The summed E-state index contributed by atoms with van der Waals surface area (Å²) in [5, 5.41) is 0. The van der Waals surface area contributed by atoms with Crippen LogP contribution in [-0.2, 0) is 357 Å². The SMILES string of the molecule is C.C.C.C.C.C.C.C.C.C.C.I.I.S.S.S.S.S.S.S.S.[2HH].[2HH].[2HH].[3HH].[3HH].[3HH].[3HH].[3HH].[3HH].[3HH].[V].[V].[V].[V].[V].[V].[V].[W].[W].[W].[Y].[Y].[Y].[Y].[Y]. The van der Waals surface area contributed by atoms with E-state index >= 15 is 0 Å². The van der Waals surface area contributed by atoms with E-state index in [-0.39, 0.29) is 609 Å². The van der Waals surface area contributed by atoms with Gasteiger partial charge in [-0.1, -0.05) is 81.7 Å². The Morgan fingerprint density at radius 1 is 0.222 bits per heavy atom. The van der Waals surface area contributed by atoms with Crippen LogP contribution in [0, 0.1) is 0 Å². The molecule has 0 saturated heterocycles. The van der Waals surface area contributed by atoms with Crippen molar-refractivity contribution in [1.82, 2.24) is 0 Å². The van der Waals surface area contributed by atoms with Crippen LogP contribution in [-0.4, -0.2) is 0 Å². The van der Waals surface area contributed by atoms with Crippen molar-refractivity contribution in [3.8, 4) is 0 Å². The summed E-state index contributed by atoms with van der Waals surface area (Å²) in [5.74, 6) is 0. The minimum absolute atomic E-state index is 0. The van der Waals surface area contributed by atoms with Gasteiger partial charge in [0.15, 0.2) is 0 Å². The second-order valence-electron chi connectivity index (χ2n) is 0. The molecule has 0 spiro atoms. The van der Waals surface area contributed by atoms with E-state index in [1.807, 2.05) is 0 Å². The minimum atomic E-state index is 0. The molecule has 0 N–H and O–H groups in total. The van der Waals surface area contributed by atoms with Gasteiger partial charge in [0.1, 0.15) is 0 Å². The van der Waals surface area contributed by atoms with Crippen molar-refractivity contribution in [1.29, 1.82) is 0 Å². The second-order valence-corrected chi connectivity index (χ2v) is 0. The number of rotatable bonds is 0. The summed E-state index contributed by atoms with van der Waals surface area (Å²) in [7, 11) is 0. The molecule has 25 heteroatoms. The first-order valence-electron chi connectivity index (χ1n) is 0. The molecule has 36 heavy (non-hydrogen) atoms. The van der Waals surface area contributed by atoms with Gasteiger partial charge >= 0.3 is 0 Å². The fourth-order valence-electron chi connectivity index (χ4n) is 0. The Kier molecular flexibility index (Phi) is 7370. The van der Waals surface area contributed by atoms with Crippen molar-refractivity contribution < 1.29 is 371 Å². The molecule has 256 valence electrons. The summed E-state index contributed by atoms with van der Waals surface area (Å²) >= 11 is 0. The van der Waals surface area contributed by atoms with E-state index in [1.54, 1.807) is 0 Å². The molecule has 0 fully saturated rings. The molecular formula is C11H82I2S8V7W3Y5. The molecule has 0 rings (SSSR count). The average molecular weight is 2090 g/mol. The molecule has 12 radical (unpaired) electrons. The summed E-state index contributed by atoms with van der Waals surface area (Å²) in [5.41, 5.74) is 0. The van der Waals surface area contributed by atoms with Crippen LogP contribution >= 0.6 is 156 Å². The van der Waals surface area contributed by atoms with Crippen molar-refractivity contribution >= 4 is 156 Å². The van der Waals surface area contributed by atoms with Crippen molar-refractivity contribution in [2.24, 2.45) is 0 Å². The van der Waals surface area contributed by atoms with Gasteiger partial charge in [-0.2, -0.15) is 108 Å². The molecule has 0 aromatic heterocycles. The van der Waals surface area contributed by atoms with Gasteiger partial charge in [-0.05, 0) is 0 Å². The first-order valence-corrected chi connectivity index (χ1v) is 0. The van der Waals surface area contributed by atoms with E-state index in [4.69, 9.17) is 0 Å². The van der Waals surface area contributed by atoms with Gasteiger partial charge < -0.3 is 0 Å². The molecule has 0 aliphatic carbocycles. The first-order chi connectivity index (χ1) is 0. The van der Waals surface area contributed by atoms with E-state index in [9.17, 15) is 0 Å². The van der Waals surface area contributed by atoms with Crippen LogP contribution in [0.1, 0.15) is 96.0 Å². The minimum Gasteiger partial charge on any atom is -0.197 e. The maximum absolute atomic E-state index is 0. The normalized spacial score (nSPS) is 0. The number of halogens is 2. The maximum atomic E-state index is 0. The average Bonchev–Trinajstić information content (AvgIpc) is 0. The predicted molar refractivity (Wildman–Crippen MR) is 209 cm³/mol. The largest absolute Gasteiger partial charge is 0.197 e. The Labute approximate surface area is 593 Å². The zero-order chi connectivity index (χ0) is 0. The Balaban J connectivity index is 0. The van der Waals surface area contributed by atoms with Crippen LogP contribution in [0.15, 0.2) is 0 Å². The smallest absolute Gasteiger partial charge is 0 e. The van der Waals surface area contributed by atoms with Gasteiger partial charge in [0.25, 0.3) is 0 Å². The van der Waals surface area contributed by atoms with Gasteiger partial charge in [0, 0.05) is 371 Å². The molecule has 0 nitrogen and oxygen atoms in total. The monoisotopic (exact) mass is 2090 g/mol. The summed E-state index contributed by atoms with van der Waals surface area (Å²) in [6.07, 6.45) is 0. The van der Waals surface area contributed by atoms with Crippen LogP contribution < -0.4 is 0 Å². The van der Waals surface area contributed by atoms with Gasteiger partial charge in [-0.15, -0.1) is 48.0 Å². The Morgan fingerprint density at radius 3 is 0.222 bits per heavy atom. The molecule has 0 aliphatic heterocycles. The molecule has 0 aliphatic rings. The van der Waals surface area contributed by atoms with E-state index < -0.39 is 0 Å². The molecule has 0 aromatic rings. The third-order valence-electron chi connectivity index (χ3n) is 0. The Hall–Kier alpha value is 15.9. The molecule has 0 bridgehead atoms.